The summed E-state index contributed by atoms with van der Waals surface area (Å²) in [6, 6.07) is 13.5. The van der Waals surface area contributed by atoms with Crippen molar-refractivity contribution < 1.29 is 14.0 Å². The van der Waals surface area contributed by atoms with Gasteiger partial charge in [-0.3, -0.25) is 14.5 Å². The molecule has 0 bridgehead atoms. The van der Waals surface area contributed by atoms with Crippen LogP contribution in [0.3, 0.4) is 0 Å². The molecule has 0 spiro atoms. The molecule has 0 saturated carbocycles. The Kier molecular flexibility index (Phi) is 6.29. The van der Waals surface area contributed by atoms with Crippen molar-refractivity contribution in [3.8, 4) is 11.5 Å². The zero-order valence-corrected chi connectivity index (χ0v) is 19.7. The summed E-state index contributed by atoms with van der Waals surface area (Å²) in [6.07, 6.45) is 1.02. The van der Waals surface area contributed by atoms with Crippen LogP contribution in [0.25, 0.3) is 22.4 Å². The van der Waals surface area contributed by atoms with E-state index in [-0.39, 0.29) is 11.8 Å². The fourth-order valence-corrected chi connectivity index (χ4v) is 6.07. The van der Waals surface area contributed by atoms with E-state index >= 15 is 0 Å². The largest absolute Gasteiger partial charge is 0.454 e. The lowest BCUT2D eigenvalue weighted by molar-refractivity contribution is -0.129. The number of fused-ring (bicyclic) bond motifs is 1. The first-order chi connectivity index (χ1) is 15.7. The summed E-state index contributed by atoms with van der Waals surface area (Å²) in [6.45, 7) is 1.26. The monoisotopic (exact) mass is 483 g/mol. The van der Waals surface area contributed by atoms with Crippen LogP contribution < -0.4 is 4.90 Å². The highest BCUT2D eigenvalue weighted by molar-refractivity contribution is 7.99. The van der Waals surface area contributed by atoms with Crippen LogP contribution in [0, 0.1) is 0 Å². The van der Waals surface area contributed by atoms with Crippen molar-refractivity contribution in [1.29, 1.82) is 0 Å². The number of rotatable bonds is 7. The molecule has 9 heteroatoms. The quantitative estimate of drug-likeness (QED) is 0.343. The SMILES string of the molecule is O=C(CCCN(C(=O)c1cccs1)c1nc(-c2cc3ccccc3o2)cs1)N1CCSC1. The molecule has 32 heavy (non-hydrogen) atoms. The first-order valence-electron chi connectivity index (χ1n) is 10.3. The van der Waals surface area contributed by atoms with E-state index in [9.17, 15) is 9.59 Å². The molecular weight excluding hydrogens is 462 g/mol. The fourth-order valence-electron chi connectivity index (χ4n) is 3.58. The van der Waals surface area contributed by atoms with Gasteiger partial charge in [0.1, 0.15) is 11.3 Å². The zero-order valence-electron chi connectivity index (χ0n) is 17.2. The van der Waals surface area contributed by atoms with Crippen LogP contribution >= 0.6 is 34.4 Å². The van der Waals surface area contributed by atoms with Crippen molar-refractivity contribution in [3.63, 3.8) is 0 Å². The van der Waals surface area contributed by atoms with Gasteiger partial charge in [-0.15, -0.1) is 34.4 Å². The number of thiazole rings is 1. The number of benzene rings is 1. The van der Waals surface area contributed by atoms with Crippen molar-refractivity contribution in [1.82, 2.24) is 9.88 Å². The molecule has 0 radical (unpaired) electrons. The number of furan rings is 1. The maximum atomic E-state index is 13.2. The standard InChI is InChI=1S/C23H21N3O3S3/c27-21(25-10-12-30-15-25)8-3-9-26(22(28)20-7-4-11-31-20)23-24-17(14-32-23)19-13-16-5-1-2-6-18(16)29-19/h1-2,4-7,11,13-14H,3,8-10,12,15H2. The third kappa shape index (κ3) is 4.46. The first kappa shape index (κ1) is 21.2. The number of nitrogens with zero attached hydrogens (tertiary/aromatic N) is 3. The van der Waals surface area contributed by atoms with E-state index in [1.165, 1.54) is 22.7 Å². The number of anilines is 1. The lowest BCUT2D eigenvalue weighted by Crippen LogP contribution is -2.33. The van der Waals surface area contributed by atoms with Crippen LogP contribution in [0.1, 0.15) is 22.5 Å². The van der Waals surface area contributed by atoms with Gasteiger partial charge in [0, 0.05) is 36.0 Å². The van der Waals surface area contributed by atoms with Gasteiger partial charge in [0.2, 0.25) is 5.91 Å². The molecule has 0 N–H and O–H groups in total. The minimum Gasteiger partial charge on any atom is -0.454 e. The van der Waals surface area contributed by atoms with E-state index in [2.05, 4.69) is 0 Å². The lowest BCUT2D eigenvalue weighted by atomic mass is 10.2. The molecule has 1 aliphatic heterocycles. The highest BCUT2D eigenvalue weighted by Crippen LogP contribution is 2.32. The molecule has 0 aliphatic carbocycles. The topological polar surface area (TPSA) is 66.7 Å². The summed E-state index contributed by atoms with van der Waals surface area (Å²) in [4.78, 5) is 34.6. The number of amides is 2. The summed E-state index contributed by atoms with van der Waals surface area (Å²) >= 11 is 4.60. The van der Waals surface area contributed by atoms with Crippen molar-refractivity contribution in [2.45, 2.75) is 12.8 Å². The van der Waals surface area contributed by atoms with Crippen LogP contribution in [-0.2, 0) is 4.79 Å². The predicted octanol–water partition coefficient (Wildman–Crippen LogP) is 5.58. The molecule has 1 aliphatic rings. The molecule has 1 fully saturated rings. The fraction of sp³-hybridized carbons (Fsp3) is 0.261. The Morgan fingerprint density at radius 2 is 2.06 bits per heavy atom. The van der Waals surface area contributed by atoms with E-state index in [1.807, 2.05) is 58.1 Å². The van der Waals surface area contributed by atoms with Crippen molar-refractivity contribution >= 4 is 62.4 Å². The van der Waals surface area contributed by atoms with Gasteiger partial charge in [-0.25, -0.2) is 4.98 Å². The maximum absolute atomic E-state index is 13.2. The molecule has 1 aromatic carbocycles. The molecule has 4 aromatic rings. The number of thioether (sulfide) groups is 1. The second-order valence-electron chi connectivity index (χ2n) is 7.40. The van der Waals surface area contributed by atoms with E-state index in [0.29, 0.717) is 40.8 Å². The number of hydrogen-bond acceptors (Lipinski definition) is 7. The van der Waals surface area contributed by atoms with Crippen LogP contribution in [0.4, 0.5) is 5.13 Å². The molecule has 3 aromatic heterocycles. The molecule has 1 saturated heterocycles. The molecular formula is C23H21N3O3S3. The van der Waals surface area contributed by atoms with Crippen molar-refractivity contribution in [2.75, 3.05) is 29.6 Å². The minimum absolute atomic E-state index is 0.0883. The third-order valence-electron chi connectivity index (χ3n) is 5.26. The maximum Gasteiger partial charge on any atom is 0.270 e. The van der Waals surface area contributed by atoms with Gasteiger partial charge in [-0.2, -0.15) is 0 Å². The van der Waals surface area contributed by atoms with Crippen LogP contribution in [-0.4, -0.2) is 46.4 Å². The highest BCUT2D eigenvalue weighted by atomic mass is 32.2. The van der Waals surface area contributed by atoms with Crippen LogP contribution in [0.5, 0.6) is 0 Å². The van der Waals surface area contributed by atoms with Gasteiger partial charge in [0.25, 0.3) is 5.91 Å². The Labute approximate surface area is 197 Å². The normalized spacial score (nSPS) is 13.7. The summed E-state index contributed by atoms with van der Waals surface area (Å²) in [7, 11) is 0. The Bertz CT molecular complexity index is 1190. The Hall–Kier alpha value is -2.62. The summed E-state index contributed by atoms with van der Waals surface area (Å²) in [5.74, 6) is 2.51. The third-order valence-corrected chi connectivity index (χ3v) is 7.94. The van der Waals surface area contributed by atoms with E-state index in [1.54, 1.807) is 16.7 Å². The molecule has 2 amide bonds. The van der Waals surface area contributed by atoms with E-state index < -0.39 is 0 Å². The molecule has 0 unspecified atom stereocenters. The van der Waals surface area contributed by atoms with Crippen LogP contribution in [0.2, 0.25) is 0 Å². The summed E-state index contributed by atoms with van der Waals surface area (Å²) < 4.78 is 5.94. The molecule has 5 rings (SSSR count). The Morgan fingerprint density at radius 3 is 2.84 bits per heavy atom. The van der Waals surface area contributed by atoms with Gasteiger partial charge in [-0.05, 0) is 30.0 Å². The van der Waals surface area contributed by atoms with Crippen LogP contribution in [0.15, 0.2) is 57.6 Å². The molecule has 0 atom stereocenters. The minimum atomic E-state index is -0.0883. The Balaban J connectivity index is 1.35. The second kappa shape index (κ2) is 9.48. The second-order valence-corrected chi connectivity index (χ2v) is 10.3. The smallest absolute Gasteiger partial charge is 0.270 e. The highest BCUT2D eigenvalue weighted by Gasteiger charge is 2.24. The Morgan fingerprint density at radius 1 is 1.16 bits per heavy atom. The van der Waals surface area contributed by atoms with E-state index in [0.717, 1.165) is 29.1 Å². The molecule has 164 valence electrons. The van der Waals surface area contributed by atoms with Gasteiger partial charge < -0.3 is 9.32 Å². The average Bonchev–Trinajstić information content (AvgIpc) is 3.62. The number of hydrogen-bond donors (Lipinski definition) is 0. The predicted molar refractivity (Wildman–Crippen MR) is 132 cm³/mol. The number of para-hydroxylation sites is 1. The lowest BCUT2D eigenvalue weighted by Gasteiger charge is -2.20. The summed E-state index contributed by atoms with van der Waals surface area (Å²) in [5.41, 5.74) is 1.51. The van der Waals surface area contributed by atoms with Gasteiger partial charge in [0.15, 0.2) is 10.9 Å². The number of aromatic nitrogens is 1. The molecule has 6 nitrogen and oxygen atoms in total. The number of carbonyl (C=O) groups excluding carboxylic acids is 2. The van der Waals surface area contributed by atoms with Gasteiger partial charge >= 0.3 is 0 Å². The van der Waals surface area contributed by atoms with Crippen molar-refractivity contribution in [2.24, 2.45) is 0 Å². The van der Waals surface area contributed by atoms with E-state index in [4.69, 9.17) is 9.40 Å². The van der Waals surface area contributed by atoms with Gasteiger partial charge in [-0.1, -0.05) is 24.3 Å². The first-order valence-corrected chi connectivity index (χ1v) is 13.3. The number of thiophene rings is 1. The summed E-state index contributed by atoms with van der Waals surface area (Å²) in [5, 5.41) is 5.43. The van der Waals surface area contributed by atoms with Gasteiger partial charge in [0.05, 0.1) is 10.8 Å². The van der Waals surface area contributed by atoms with Crippen molar-refractivity contribution in [3.05, 3.63) is 58.1 Å². The zero-order chi connectivity index (χ0) is 21.9. The number of carbonyl (C=O) groups is 2. The molecule has 4 heterocycles. The average molecular weight is 484 g/mol.